The Bertz CT molecular complexity index is 303. The molecule has 0 bridgehead atoms. The number of rotatable bonds is 11. The van der Waals surface area contributed by atoms with E-state index in [0.717, 1.165) is 25.7 Å². The maximum Gasteiger partial charge on any atom is 0.314 e. The Kier molecular flexibility index (Phi) is 11.6. The van der Waals surface area contributed by atoms with Gasteiger partial charge in [-0.2, -0.15) is 0 Å². The van der Waals surface area contributed by atoms with Crippen molar-refractivity contribution in [1.82, 2.24) is 10.6 Å². The van der Waals surface area contributed by atoms with E-state index in [-0.39, 0.29) is 12.5 Å². The third-order valence-corrected chi connectivity index (χ3v) is 3.13. The second kappa shape index (κ2) is 12.5. The van der Waals surface area contributed by atoms with E-state index in [1.165, 1.54) is 0 Å². The largest absolute Gasteiger partial charge is 0.481 e. The van der Waals surface area contributed by atoms with Crippen LogP contribution in [0.5, 0.6) is 0 Å². The lowest BCUT2D eigenvalue weighted by atomic mass is 9.94. The van der Waals surface area contributed by atoms with Gasteiger partial charge in [0.15, 0.2) is 0 Å². The molecule has 0 spiro atoms. The second-order valence-corrected chi connectivity index (χ2v) is 4.92. The fourth-order valence-corrected chi connectivity index (χ4v) is 2.06. The Morgan fingerprint density at radius 2 is 1.85 bits per heavy atom. The molecule has 1 atom stereocenters. The van der Waals surface area contributed by atoms with Crippen molar-refractivity contribution < 1.29 is 14.7 Å². The van der Waals surface area contributed by atoms with E-state index in [0.29, 0.717) is 25.4 Å². The second-order valence-electron chi connectivity index (χ2n) is 4.92. The molecular formula is C15H28N2O3. The van der Waals surface area contributed by atoms with Crippen molar-refractivity contribution in [3.05, 3.63) is 12.2 Å². The molecule has 0 heterocycles. The van der Waals surface area contributed by atoms with Crippen molar-refractivity contribution in [3.63, 3.8) is 0 Å². The molecule has 0 aromatic rings. The first-order valence-corrected chi connectivity index (χ1v) is 7.44. The topological polar surface area (TPSA) is 78.4 Å². The number of hydrogen-bond donors (Lipinski definition) is 3. The van der Waals surface area contributed by atoms with Crippen molar-refractivity contribution in [1.29, 1.82) is 0 Å². The third-order valence-electron chi connectivity index (χ3n) is 3.13. The summed E-state index contributed by atoms with van der Waals surface area (Å²) in [6.07, 6.45) is 8.58. The molecule has 0 rings (SSSR count). The number of carbonyl (C=O) groups is 2. The summed E-state index contributed by atoms with van der Waals surface area (Å²) in [5, 5.41) is 14.3. The highest BCUT2D eigenvalue weighted by Crippen LogP contribution is 2.16. The molecule has 2 amide bonds. The number of amides is 2. The predicted octanol–water partition coefficient (Wildman–Crippen LogP) is 2.92. The lowest BCUT2D eigenvalue weighted by molar-refractivity contribution is -0.137. The number of urea groups is 1. The highest BCUT2D eigenvalue weighted by Gasteiger charge is 2.10. The molecule has 0 aliphatic heterocycles. The van der Waals surface area contributed by atoms with Crippen molar-refractivity contribution in [2.24, 2.45) is 5.92 Å². The van der Waals surface area contributed by atoms with Crippen LogP contribution >= 0.6 is 0 Å². The summed E-state index contributed by atoms with van der Waals surface area (Å²) in [5.74, 6) is -0.375. The molecule has 0 aromatic heterocycles. The lowest BCUT2D eigenvalue weighted by Gasteiger charge is -2.15. The molecule has 3 N–H and O–H groups in total. The quantitative estimate of drug-likeness (QED) is 0.403. The number of carbonyl (C=O) groups excluding carboxylic acids is 1. The Hall–Kier alpha value is -1.52. The number of allylic oxidation sites excluding steroid dienone is 1. The van der Waals surface area contributed by atoms with E-state index in [4.69, 9.17) is 5.11 Å². The van der Waals surface area contributed by atoms with Crippen molar-refractivity contribution >= 4 is 12.0 Å². The number of carboxylic acid groups (broad SMARTS) is 1. The van der Waals surface area contributed by atoms with E-state index < -0.39 is 5.97 Å². The average Bonchev–Trinajstić information content (AvgIpc) is 2.41. The van der Waals surface area contributed by atoms with Gasteiger partial charge in [-0.25, -0.2) is 4.79 Å². The predicted molar refractivity (Wildman–Crippen MR) is 80.7 cm³/mol. The lowest BCUT2D eigenvalue weighted by Crippen LogP contribution is -2.36. The molecule has 0 aliphatic carbocycles. The van der Waals surface area contributed by atoms with Crippen molar-refractivity contribution in [3.8, 4) is 0 Å². The summed E-state index contributed by atoms with van der Waals surface area (Å²) >= 11 is 0. The van der Waals surface area contributed by atoms with E-state index >= 15 is 0 Å². The summed E-state index contributed by atoms with van der Waals surface area (Å²) in [5.41, 5.74) is 0. The van der Waals surface area contributed by atoms with Crippen molar-refractivity contribution in [2.75, 3.05) is 13.1 Å². The SMILES string of the molecule is C/C=C/CCNC(=O)NCCC(CCC)CCC(=O)O. The first-order chi connectivity index (χ1) is 9.60. The van der Waals surface area contributed by atoms with E-state index in [9.17, 15) is 9.59 Å². The van der Waals surface area contributed by atoms with Gasteiger partial charge in [-0.3, -0.25) is 4.79 Å². The van der Waals surface area contributed by atoms with Crippen LogP contribution in [0.25, 0.3) is 0 Å². The van der Waals surface area contributed by atoms with Crippen LogP contribution in [0.1, 0.15) is 52.4 Å². The Balaban J connectivity index is 3.74. The van der Waals surface area contributed by atoms with Gasteiger partial charge in [0.1, 0.15) is 0 Å². The molecule has 1 unspecified atom stereocenters. The summed E-state index contributed by atoms with van der Waals surface area (Å²) in [7, 11) is 0. The molecule has 0 aromatic carbocycles. The van der Waals surface area contributed by atoms with Gasteiger partial charge in [-0.1, -0.05) is 31.9 Å². The van der Waals surface area contributed by atoms with Gasteiger partial charge in [-0.15, -0.1) is 0 Å². The number of hydrogen-bond acceptors (Lipinski definition) is 2. The molecule has 0 aliphatic rings. The Labute approximate surface area is 121 Å². The number of aliphatic carboxylic acids is 1. The smallest absolute Gasteiger partial charge is 0.314 e. The van der Waals surface area contributed by atoms with Gasteiger partial charge in [-0.05, 0) is 32.1 Å². The highest BCUT2D eigenvalue weighted by atomic mass is 16.4. The van der Waals surface area contributed by atoms with Crippen LogP contribution in [0, 0.1) is 5.92 Å². The van der Waals surface area contributed by atoms with E-state index in [1.54, 1.807) is 0 Å². The zero-order valence-electron chi connectivity index (χ0n) is 12.7. The minimum Gasteiger partial charge on any atom is -0.481 e. The number of carboxylic acids is 1. The number of nitrogens with one attached hydrogen (secondary N) is 2. The van der Waals surface area contributed by atoms with Gasteiger partial charge < -0.3 is 15.7 Å². The first kappa shape index (κ1) is 18.5. The first-order valence-electron chi connectivity index (χ1n) is 7.44. The molecule has 0 saturated carbocycles. The van der Waals surface area contributed by atoms with Crippen LogP contribution < -0.4 is 10.6 Å². The highest BCUT2D eigenvalue weighted by molar-refractivity contribution is 5.73. The molecule has 0 radical (unpaired) electrons. The zero-order chi connectivity index (χ0) is 15.2. The fourth-order valence-electron chi connectivity index (χ4n) is 2.06. The fraction of sp³-hybridized carbons (Fsp3) is 0.733. The van der Waals surface area contributed by atoms with Crippen LogP contribution in [0.2, 0.25) is 0 Å². The standard InChI is InChI=1S/C15H28N2O3/c1-3-5-6-11-16-15(20)17-12-10-13(7-4-2)8-9-14(18)19/h3,5,13H,4,6-12H2,1-2H3,(H,18,19)(H2,16,17,20)/b5-3+. The normalized spacial score (nSPS) is 12.3. The third kappa shape index (κ3) is 11.6. The average molecular weight is 284 g/mol. The molecular weight excluding hydrogens is 256 g/mol. The van der Waals surface area contributed by atoms with Gasteiger partial charge in [0.25, 0.3) is 0 Å². The summed E-state index contributed by atoms with van der Waals surface area (Å²) in [4.78, 5) is 22.0. The summed E-state index contributed by atoms with van der Waals surface area (Å²) < 4.78 is 0. The molecule has 116 valence electrons. The molecule has 5 nitrogen and oxygen atoms in total. The Morgan fingerprint density at radius 3 is 2.45 bits per heavy atom. The summed E-state index contributed by atoms with van der Waals surface area (Å²) in [6.45, 7) is 5.27. The minimum absolute atomic E-state index is 0.150. The van der Waals surface area contributed by atoms with E-state index in [2.05, 4.69) is 17.6 Å². The molecule has 5 heteroatoms. The van der Waals surface area contributed by atoms with Gasteiger partial charge in [0.05, 0.1) is 0 Å². The maximum absolute atomic E-state index is 11.5. The van der Waals surface area contributed by atoms with Crippen LogP contribution in [-0.4, -0.2) is 30.2 Å². The van der Waals surface area contributed by atoms with Crippen LogP contribution in [0.4, 0.5) is 4.79 Å². The maximum atomic E-state index is 11.5. The molecule has 0 fully saturated rings. The van der Waals surface area contributed by atoms with Crippen LogP contribution in [0.3, 0.4) is 0 Å². The van der Waals surface area contributed by atoms with Gasteiger partial charge in [0, 0.05) is 19.5 Å². The van der Waals surface area contributed by atoms with Gasteiger partial charge >= 0.3 is 12.0 Å². The Morgan fingerprint density at radius 1 is 1.15 bits per heavy atom. The minimum atomic E-state index is -0.749. The van der Waals surface area contributed by atoms with Gasteiger partial charge in [0.2, 0.25) is 0 Å². The molecule has 0 saturated heterocycles. The van der Waals surface area contributed by atoms with Crippen LogP contribution in [0.15, 0.2) is 12.2 Å². The monoisotopic (exact) mass is 284 g/mol. The zero-order valence-corrected chi connectivity index (χ0v) is 12.7. The molecule has 20 heavy (non-hydrogen) atoms. The van der Waals surface area contributed by atoms with Crippen LogP contribution in [-0.2, 0) is 4.79 Å². The van der Waals surface area contributed by atoms with Crippen molar-refractivity contribution in [2.45, 2.75) is 52.4 Å². The van der Waals surface area contributed by atoms with E-state index in [1.807, 2.05) is 19.1 Å². The summed E-state index contributed by atoms with van der Waals surface area (Å²) in [6, 6.07) is -0.150.